The van der Waals surface area contributed by atoms with E-state index < -0.39 is 0 Å². The van der Waals surface area contributed by atoms with Crippen molar-refractivity contribution >= 4 is 22.7 Å². The molecule has 0 fully saturated rings. The quantitative estimate of drug-likeness (QED) is 0.543. The van der Waals surface area contributed by atoms with Gasteiger partial charge in [-0.2, -0.15) is 0 Å². The van der Waals surface area contributed by atoms with E-state index in [0.717, 1.165) is 24.5 Å². The van der Waals surface area contributed by atoms with Crippen LogP contribution >= 0.6 is 0 Å². The lowest BCUT2D eigenvalue weighted by Crippen LogP contribution is -2.25. The standard InChI is InChI=1S/C24H29N5O4/c1-14(22-25-9-10-26-22)16-8-6-7-15(11-16)13-29(2)24-27-17-12-18(31-3)20(32-4)21(33-5)19(17)23(30)28-24/h6-8,11-12,14H,9-10,13H2,1-5H3,(H,25,26)(H,27,28,30). The van der Waals surface area contributed by atoms with Crippen LogP contribution in [-0.2, 0) is 6.54 Å². The molecule has 0 saturated heterocycles. The third-order valence-electron chi connectivity index (χ3n) is 5.83. The van der Waals surface area contributed by atoms with Gasteiger partial charge < -0.3 is 24.4 Å². The Morgan fingerprint density at radius 1 is 1.12 bits per heavy atom. The van der Waals surface area contributed by atoms with E-state index in [1.54, 1.807) is 6.07 Å². The Kier molecular flexibility index (Phi) is 6.39. The van der Waals surface area contributed by atoms with Gasteiger partial charge in [-0.1, -0.05) is 31.2 Å². The van der Waals surface area contributed by atoms with Crippen LogP contribution in [0.15, 0.2) is 40.1 Å². The first-order chi connectivity index (χ1) is 16.0. The van der Waals surface area contributed by atoms with Crippen molar-refractivity contribution in [1.82, 2.24) is 15.3 Å². The lowest BCUT2D eigenvalue weighted by Gasteiger charge is -2.20. The summed E-state index contributed by atoms with van der Waals surface area (Å²) >= 11 is 0. The molecule has 4 rings (SSSR count). The molecular weight excluding hydrogens is 422 g/mol. The Morgan fingerprint density at radius 3 is 2.58 bits per heavy atom. The average molecular weight is 452 g/mol. The molecule has 0 bridgehead atoms. The van der Waals surface area contributed by atoms with Crippen molar-refractivity contribution in [3.63, 3.8) is 0 Å². The van der Waals surface area contributed by atoms with E-state index in [-0.39, 0.29) is 11.5 Å². The van der Waals surface area contributed by atoms with Gasteiger partial charge in [0.05, 0.1) is 33.4 Å². The zero-order chi connectivity index (χ0) is 23.5. The van der Waals surface area contributed by atoms with Gasteiger partial charge in [0.1, 0.15) is 11.2 Å². The molecule has 1 aliphatic rings. The Bertz CT molecular complexity index is 1250. The number of amidine groups is 1. The zero-order valence-electron chi connectivity index (χ0n) is 19.6. The molecule has 0 saturated carbocycles. The average Bonchev–Trinajstić information content (AvgIpc) is 3.37. The number of ether oxygens (including phenoxy) is 3. The molecule has 0 radical (unpaired) electrons. The lowest BCUT2D eigenvalue weighted by molar-refractivity contribution is 0.327. The number of methoxy groups -OCH3 is 3. The van der Waals surface area contributed by atoms with Crippen LogP contribution in [0.1, 0.15) is 24.0 Å². The van der Waals surface area contributed by atoms with Crippen LogP contribution in [0.25, 0.3) is 10.9 Å². The molecule has 0 amide bonds. The molecule has 1 aromatic heterocycles. The van der Waals surface area contributed by atoms with Crippen molar-refractivity contribution in [3.8, 4) is 17.2 Å². The molecule has 9 nitrogen and oxygen atoms in total. The minimum absolute atomic E-state index is 0.200. The van der Waals surface area contributed by atoms with Gasteiger partial charge in [0, 0.05) is 32.1 Å². The summed E-state index contributed by atoms with van der Waals surface area (Å²) in [4.78, 5) is 27.0. The molecule has 174 valence electrons. The summed E-state index contributed by atoms with van der Waals surface area (Å²) in [5.41, 5.74) is 2.44. The van der Waals surface area contributed by atoms with E-state index in [2.05, 4.69) is 45.4 Å². The second-order valence-corrected chi connectivity index (χ2v) is 7.95. The number of H-pyrrole nitrogens is 1. The second-order valence-electron chi connectivity index (χ2n) is 7.95. The fourth-order valence-corrected chi connectivity index (χ4v) is 4.11. The predicted molar refractivity (Wildman–Crippen MR) is 129 cm³/mol. The molecule has 2 aromatic carbocycles. The third kappa shape index (κ3) is 4.30. The van der Waals surface area contributed by atoms with Crippen molar-refractivity contribution < 1.29 is 14.2 Å². The number of rotatable bonds is 8. The first kappa shape index (κ1) is 22.4. The molecule has 1 aliphatic heterocycles. The van der Waals surface area contributed by atoms with E-state index in [4.69, 9.17) is 14.2 Å². The number of anilines is 1. The van der Waals surface area contributed by atoms with Crippen LogP contribution in [-0.4, -0.2) is 57.3 Å². The fraction of sp³-hybridized carbons (Fsp3) is 0.375. The minimum Gasteiger partial charge on any atom is -0.493 e. The number of nitrogens with zero attached hydrogens (tertiary/aromatic N) is 3. The molecule has 2 heterocycles. The number of nitrogens with one attached hydrogen (secondary N) is 2. The molecule has 1 unspecified atom stereocenters. The number of aliphatic imine (C=N–C) groups is 1. The Morgan fingerprint density at radius 2 is 1.91 bits per heavy atom. The first-order valence-electron chi connectivity index (χ1n) is 10.8. The van der Waals surface area contributed by atoms with Crippen LogP contribution < -0.4 is 30.0 Å². The molecule has 2 N–H and O–H groups in total. The smallest absolute Gasteiger partial charge is 0.264 e. The van der Waals surface area contributed by atoms with Gasteiger partial charge in [0.2, 0.25) is 11.7 Å². The maximum absolute atomic E-state index is 13.0. The number of aromatic nitrogens is 2. The summed E-state index contributed by atoms with van der Waals surface area (Å²) in [5, 5.41) is 3.66. The number of fused-ring (bicyclic) bond motifs is 1. The van der Waals surface area contributed by atoms with Crippen molar-refractivity contribution in [2.24, 2.45) is 4.99 Å². The normalized spacial score (nSPS) is 13.9. The van der Waals surface area contributed by atoms with Gasteiger partial charge in [-0.3, -0.25) is 14.8 Å². The number of hydrogen-bond acceptors (Lipinski definition) is 8. The summed E-state index contributed by atoms with van der Waals surface area (Å²) in [7, 11) is 6.40. The van der Waals surface area contributed by atoms with Gasteiger partial charge >= 0.3 is 0 Å². The molecule has 9 heteroatoms. The summed E-state index contributed by atoms with van der Waals surface area (Å²) < 4.78 is 16.3. The highest BCUT2D eigenvalue weighted by Gasteiger charge is 2.21. The highest BCUT2D eigenvalue weighted by atomic mass is 16.5. The van der Waals surface area contributed by atoms with Crippen LogP contribution in [0.4, 0.5) is 5.95 Å². The van der Waals surface area contributed by atoms with Crippen LogP contribution in [0.5, 0.6) is 17.2 Å². The van der Waals surface area contributed by atoms with Gasteiger partial charge in [0.25, 0.3) is 5.56 Å². The van der Waals surface area contributed by atoms with Crippen molar-refractivity contribution in [3.05, 3.63) is 51.8 Å². The molecule has 0 spiro atoms. The monoisotopic (exact) mass is 451 g/mol. The third-order valence-corrected chi connectivity index (χ3v) is 5.83. The van der Waals surface area contributed by atoms with Gasteiger partial charge in [-0.25, -0.2) is 4.98 Å². The largest absolute Gasteiger partial charge is 0.493 e. The minimum atomic E-state index is -0.313. The summed E-state index contributed by atoms with van der Waals surface area (Å²) in [6.07, 6.45) is 0. The Hall–Kier alpha value is -3.75. The first-order valence-corrected chi connectivity index (χ1v) is 10.8. The van der Waals surface area contributed by atoms with Crippen molar-refractivity contribution in [1.29, 1.82) is 0 Å². The van der Waals surface area contributed by atoms with E-state index >= 15 is 0 Å². The SMILES string of the molecule is COc1cc2nc(N(C)Cc3cccc(C(C)C4=NCCN4)c3)[nH]c(=O)c2c(OC)c1OC. The highest BCUT2D eigenvalue weighted by Crippen LogP contribution is 2.41. The van der Waals surface area contributed by atoms with Crippen LogP contribution in [0, 0.1) is 0 Å². The second kappa shape index (κ2) is 9.40. The van der Waals surface area contributed by atoms with E-state index in [0.29, 0.717) is 40.6 Å². The topological polar surface area (TPSA) is 101 Å². The van der Waals surface area contributed by atoms with E-state index in [9.17, 15) is 4.79 Å². The number of benzene rings is 2. The van der Waals surface area contributed by atoms with E-state index in [1.807, 2.05) is 18.0 Å². The predicted octanol–water partition coefficient (Wildman–Crippen LogP) is 2.69. The molecule has 0 aliphatic carbocycles. The van der Waals surface area contributed by atoms with Gasteiger partial charge in [-0.15, -0.1) is 0 Å². The van der Waals surface area contributed by atoms with Crippen LogP contribution in [0.2, 0.25) is 0 Å². The zero-order valence-corrected chi connectivity index (χ0v) is 19.6. The Balaban J connectivity index is 1.66. The molecule has 3 aromatic rings. The maximum atomic E-state index is 13.0. The molecular formula is C24H29N5O4. The van der Waals surface area contributed by atoms with Crippen LogP contribution in [0.3, 0.4) is 0 Å². The molecule has 33 heavy (non-hydrogen) atoms. The van der Waals surface area contributed by atoms with Gasteiger partial charge in [0.15, 0.2) is 11.5 Å². The van der Waals surface area contributed by atoms with E-state index in [1.165, 1.54) is 26.9 Å². The summed E-state index contributed by atoms with van der Waals surface area (Å²) in [5.74, 6) is 2.76. The number of hydrogen-bond donors (Lipinski definition) is 2. The van der Waals surface area contributed by atoms with Crippen molar-refractivity contribution in [2.45, 2.75) is 19.4 Å². The lowest BCUT2D eigenvalue weighted by atomic mass is 9.98. The highest BCUT2D eigenvalue weighted by molar-refractivity contribution is 5.90. The number of aromatic amines is 1. The Labute approximate surface area is 192 Å². The maximum Gasteiger partial charge on any atom is 0.264 e. The summed E-state index contributed by atoms with van der Waals surface area (Å²) in [6.45, 7) is 4.44. The summed E-state index contributed by atoms with van der Waals surface area (Å²) in [6, 6.07) is 10.1. The van der Waals surface area contributed by atoms with Crippen molar-refractivity contribution in [2.75, 3.05) is 46.4 Å². The van der Waals surface area contributed by atoms with Gasteiger partial charge in [-0.05, 0) is 11.1 Å². The molecule has 1 atom stereocenters. The fourth-order valence-electron chi connectivity index (χ4n) is 4.11.